The number of hydrogen-bond acceptors (Lipinski definition) is 5. The number of rotatable bonds is 3. The number of carbonyl (C=O) groups is 3. The zero-order valence-electron chi connectivity index (χ0n) is 17.2. The lowest BCUT2D eigenvalue weighted by atomic mass is 10.0. The fraction of sp³-hybridized carbons (Fsp3) is 0.364. The molecule has 0 spiro atoms. The van der Waals surface area contributed by atoms with Gasteiger partial charge in [-0.2, -0.15) is 0 Å². The second-order valence-corrected chi connectivity index (χ2v) is 8.42. The van der Waals surface area contributed by atoms with Gasteiger partial charge in [0.05, 0.1) is 11.6 Å². The number of aromatic amines is 1. The van der Waals surface area contributed by atoms with Crippen LogP contribution < -0.4 is 5.32 Å². The molecule has 156 valence electrons. The molecule has 0 saturated carbocycles. The molecule has 0 radical (unpaired) electrons. The predicted molar refractivity (Wildman–Crippen MR) is 113 cm³/mol. The van der Waals surface area contributed by atoms with E-state index in [2.05, 4.69) is 15.3 Å². The van der Waals surface area contributed by atoms with Crippen molar-refractivity contribution in [2.24, 2.45) is 4.99 Å². The van der Waals surface area contributed by atoms with Gasteiger partial charge in [-0.05, 0) is 39.7 Å². The number of aliphatic imine (C=N–C) groups is 1. The van der Waals surface area contributed by atoms with Crippen molar-refractivity contribution in [3.05, 3.63) is 41.7 Å². The molecule has 30 heavy (non-hydrogen) atoms. The molecule has 0 bridgehead atoms. The van der Waals surface area contributed by atoms with Crippen LogP contribution in [0.2, 0.25) is 0 Å². The molecule has 4 rings (SSSR count). The highest BCUT2D eigenvalue weighted by Crippen LogP contribution is 2.31. The van der Waals surface area contributed by atoms with Crippen LogP contribution in [0.5, 0.6) is 0 Å². The Morgan fingerprint density at radius 1 is 1.23 bits per heavy atom. The summed E-state index contributed by atoms with van der Waals surface area (Å²) in [5.74, 6) is -1.02. The first-order chi connectivity index (χ1) is 14.2. The lowest BCUT2D eigenvalue weighted by Crippen LogP contribution is -2.40. The third-order valence-electron chi connectivity index (χ3n) is 5.07. The maximum atomic E-state index is 12.5. The predicted octanol–water partition coefficient (Wildman–Crippen LogP) is 3.01. The quantitative estimate of drug-likeness (QED) is 0.602. The molecule has 2 N–H and O–H groups in total. The Labute approximate surface area is 174 Å². The molecule has 1 aromatic heterocycles. The number of fused-ring (bicyclic) bond motifs is 1. The minimum atomic E-state index is -0.593. The molecule has 8 heteroatoms. The zero-order valence-corrected chi connectivity index (χ0v) is 17.2. The van der Waals surface area contributed by atoms with Gasteiger partial charge in [0.2, 0.25) is 0 Å². The van der Waals surface area contributed by atoms with Crippen molar-refractivity contribution < 1.29 is 19.1 Å². The average molecular weight is 408 g/mol. The number of hydrogen-bond donors (Lipinski definition) is 2. The molecular formula is C22H24N4O4. The van der Waals surface area contributed by atoms with E-state index < -0.39 is 23.5 Å². The average Bonchev–Trinajstić information content (AvgIpc) is 3.36. The van der Waals surface area contributed by atoms with E-state index in [0.717, 1.165) is 17.3 Å². The summed E-state index contributed by atoms with van der Waals surface area (Å²) < 4.78 is 5.47. The van der Waals surface area contributed by atoms with E-state index in [4.69, 9.17) is 4.74 Å². The van der Waals surface area contributed by atoms with Crippen LogP contribution in [0.4, 0.5) is 4.79 Å². The van der Waals surface area contributed by atoms with Crippen LogP contribution in [0.1, 0.15) is 39.2 Å². The number of nitrogens with zero attached hydrogens (tertiary/aromatic N) is 2. The third-order valence-corrected chi connectivity index (χ3v) is 5.07. The lowest BCUT2D eigenvalue weighted by Gasteiger charge is -2.27. The summed E-state index contributed by atoms with van der Waals surface area (Å²) in [7, 11) is 0. The van der Waals surface area contributed by atoms with Gasteiger partial charge in [-0.15, -0.1) is 0 Å². The van der Waals surface area contributed by atoms with Crippen LogP contribution >= 0.6 is 0 Å². The topological polar surface area (TPSA) is 104 Å². The molecule has 1 unspecified atom stereocenters. The first kappa shape index (κ1) is 19.9. The van der Waals surface area contributed by atoms with E-state index in [1.165, 1.54) is 0 Å². The van der Waals surface area contributed by atoms with E-state index in [9.17, 15) is 14.4 Å². The Morgan fingerprint density at radius 3 is 2.77 bits per heavy atom. The molecule has 0 aliphatic carbocycles. The molecule has 1 atom stereocenters. The molecule has 1 saturated heterocycles. The smallest absolute Gasteiger partial charge is 0.410 e. The Bertz CT molecular complexity index is 1090. The number of benzene rings is 1. The molecular weight excluding hydrogens is 384 g/mol. The minimum absolute atomic E-state index is 0.0563. The third kappa shape index (κ3) is 3.72. The Hall–Kier alpha value is -3.42. The highest BCUT2D eigenvalue weighted by molar-refractivity contribution is 6.37. The number of aromatic nitrogens is 1. The lowest BCUT2D eigenvalue weighted by molar-refractivity contribution is -0.123. The van der Waals surface area contributed by atoms with Crippen LogP contribution in [0.15, 0.2) is 41.2 Å². The number of amides is 3. The van der Waals surface area contributed by atoms with Gasteiger partial charge >= 0.3 is 6.09 Å². The maximum absolute atomic E-state index is 12.5. The van der Waals surface area contributed by atoms with Gasteiger partial charge in [0.25, 0.3) is 11.8 Å². The number of nitrogens with one attached hydrogen (secondary N) is 2. The normalized spacial score (nSPS) is 20.0. The van der Waals surface area contributed by atoms with Gasteiger partial charge in [0.15, 0.2) is 0 Å². The number of likely N-dealkylation sites (tertiary alicyclic amines) is 1. The Kier molecular flexibility index (Phi) is 4.93. The zero-order chi connectivity index (χ0) is 21.5. The number of H-pyrrole nitrogens is 1. The molecule has 8 nitrogen and oxygen atoms in total. The van der Waals surface area contributed by atoms with E-state index in [0.29, 0.717) is 18.5 Å². The largest absolute Gasteiger partial charge is 0.444 e. The summed E-state index contributed by atoms with van der Waals surface area (Å²) >= 11 is 0. The van der Waals surface area contributed by atoms with Crippen molar-refractivity contribution in [1.29, 1.82) is 0 Å². The van der Waals surface area contributed by atoms with Crippen LogP contribution in [-0.4, -0.2) is 52.2 Å². The van der Waals surface area contributed by atoms with Gasteiger partial charge in [0, 0.05) is 35.4 Å². The highest BCUT2D eigenvalue weighted by atomic mass is 16.6. The van der Waals surface area contributed by atoms with Gasteiger partial charge in [0.1, 0.15) is 11.3 Å². The van der Waals surface area contributed by atoms with Crippen molar-refractivity contribution >= 4 is 40.6 Å². The molecule has 2 aromatic rings. The summed E-state index contributed by atoms with van der Waals surface area (Å²) in [6, 6.07) is 7.25. The molecule has 3 amide bonds. The first-order valence-electron chi connectivity index (χ1n) is 9.95. The van der Waals surface area contributed by atoms with Crippen molar-refractivity contribution in [3.63, 3.8) is 0 Å². The van der Waals surface area contributed by atoms with Crippen molar-refractivity contribution in [2.45, 2.75) is 45.3 Å². The molecule has 1 aromatic carbocycles. The second-order valence-electron chi connectivity index (χ2n) is 8.42. The van der Waals surface area contributed by atoms with Gasteiger partial charge in [-0.3, -0.25) is 19.9 Å². The fourth-order valence-corrected chi connectivity index (χ4v) is 3.75. The van der Waals surface area contributed by atoms with E-state index in [1.807, 2.05) is 45.0 Å². The molecule has 3 heterocycles. The van der Waals surface area contributed by atoms with E-state index >= 15 is 0 Å². The summed E-state index contributed by atoms with van der Waals surface area (Å²) in [6.45, 7) is 6.01. The summed E-state index contributed by atoms with van der Waals surface area (Å²) in [4.78, 5) is 46.5. The van der Waals surface area contributed by atoms with Crippen LogP contribution in [0.25, 0.3) is 16.5 Å². The number of ether oxygens (including phenoxy) is 1. The van der Waals surface area contributed by atoms with Crippen LogP contribution in [-0.2, 0) is 14.3 Å². The monoisotopic (exact) mass is 408 g/mol. The van der Waals surface area contributed by atoms with Gasteiger partial charge in [-0.25, -0.2) is 4.79 Å². The molecule has 2 aliphatic rings. The summed E-state index contributed by atoms with van der Waals surface area (Å²) in [5, 5.41) is 3.16. The molecule has 2 aliphatic heterocycles. The number of imide groups is 1. The summed E-state index contributed by atoms with van der Waals surface area (Å²) in [6.07, 6.45) is 4.40. The maximum Gasteiger partial charge on any atom is 0.410 e. The van der Waals surface area contributed by atoms with Crippen molar-refractivity contribution in [1.82, 2.24) is 15.2 Å². The first-order valence-corrected chi connectivity index (χ1v) is 9.95. The number of carbonyl (C=O) groups excluding carboxylic acids is 3. The van der Waals surface area contributed by atoms with Crippen molar-refractivity contribution in [2.75, 3.05) is 6.54 Å². The highest BCUT2D eigenvalue weighted by Gasteiger charge is 2.34. The van der Waals surface area contributed by atoms with Crippen molar-refractivity contribution in [3.8, 4) is 0 Å². The van der Waals surface area contributed by atoms with Gasteiger partial charge < -0.3 is 14.6 Å². The minimum Gasteiger partial charge on any atom is -0.444 e. The van der Waals surface area contributed by atoms with E-state index in [-0.39, 0.29) is 17.3 Å². The second kappa shape index (κ2) is 7.44. The Balaban J connectivity index is 1.66. The molecule has 1 fully saturated rings. The van der Waals surface area contributed by atoms with E-state index in [1.54, 1.807) is 17.3 Å². The van der Waals surface area contributed by atoms with Crippen LogP contribution in [0.3, 0.4) is 0 Å². The Morgan fingerprint density at radius 2 is 2.00 bits per heavy atom. The standard InChI is InChI=1S/C22H24N4O4/c1-22(2,3)30-21(29)26-10-6-7-13(26)11-24-18-17(19(27)25-20(18)28)15-12-23-16-9-5-4-8-14(15)16/h4-5,8-9,11-13,23H,6-7,10H2,1-3H3,(H,25,27,28). The summed E-state index contributed by atoms with van der Waals surface area (Å²) in [5.41, 5.74) is 1.18. The number of para-hydroxylation sites is 1. The fourth-order valence-electron chi connectivity index (χ4n) is 3.75. The SMILES string of the molecule is CC(C)(C)OC(=O)N1CCCC1C=NC1=C(c2c[nH]c3ccccc23)C(=O)NC1=O. The van der Waals surface area contributed by atoms with Crippen LogP contribution in [0, 0.1) is 0 Å². The van der Waals surface area contributed by atoms with Gasteiger partial charge in [-0.1, -0.05) is 18.2 Å².